The quantitative estimate of drug-likeness (QED) is 0.612. The molecule has 9 heteroatoms. The number of hydrogen-bond acceptors (Lipinski definition) is 6. The minimum absolute atomic E-state index is 0.0998. The summed E-state index contributed by atoms with van der Waals surface area (Å²) < 4.78 is 29.0. The molecule has 0 radical (unpaired) electrons. The normalized spacial score (nSPS) is 15.1. The minimum Gasteiger partial charge on any atom is -0.299 e. The number of carbonyl (C=O) groups is 1. The summed E-state index contributed by atoms with van der Waals surface area (Å²) in [6.45, 7) is 0. The molecule has 0 amide bonds. The molecule has 3 aromatic rings. The fraction of sp³-hybridized carbons (Fsp3) is 0.273. The van der Waals surface area contributed by atoms with Gasteiger partial charge in [-0.05, 0) is 25.0 Å². The van der Waals surface area contributed by atoms with Crippen molar-refractivity contribution in [1.29, 1.82) is 0 Å². The van der Waals surface area contributed by atoms with Crippen LogP contribution in [0.3, 0.4) is 0 Å². The zero-order valence-corrected chi connectivity index (χ0v) is 17.8. The van der Waals surface area contributed by atoms with Gasteiger partial charge in [0.1, 0.15) is 16.5 Å². The van der Waals surface area contributed by atoms with Crippen molar-refractivity contribution in [3.8, 4) is 11.3 Å². The number of aryl methyl sites for hydroxylation is 1. The summed E-state index contributed by atoms with van der Waals surface area (Å²) in [5.74, 6) is 0.929. The second-order valence-electron chi connectivity index (χ2n) is 7.91. The van der Waals surface area contributed by atoms with E-state index in [9.17, 15) is 13.2 Å². The number of fused-ring (bicyclic) bond motifs is 1. The van der Waals surface area contributed by atoms with Crippen molar-refractivity contribution >= 4 is 27.6 Å². The van der Waals surface area contributed by atoms with E-state index in [1.54, 1.807) is 19.2 Å². The molecule has 0 atom stereocenters. The first-order chi connectivity index (χ1) is 14.9. The highest BCUT2D eigenvalue weighted by molar-refractivity contribution is 7.92. The van der Waals surface area contributed by atoms with Crippen molar-refractivity contribution < 1.29 is 13.2 Å². The van der Waals surface area contributed by atoms with Crippen LogP contribution in [-0.2, 0) is 34.7 Å². The Kier molecular flexibility index (Phi) is 4.70. The van der Waals surface area contributed by atoms with Gasteiger partial charge in [0, 0.05) is 42.4 Å². The number of hydrogen-bond donors (Lipinski definition) is 1. The Morgan fingerprint density at radius 3 is 2.65 bits per heavy atom. The summed E-state index contributed by atoms with van der Waals surface area (Å²) >= 11 is 0. The predicted octanol–water partition coefficient (Wildman–Crippen LogP) is 2.77. The first-order valence-electron chi connectivity index (χ1n) is 10.1. The molecule has 0 bridgehead atoms. The Hall–Kier alpha value is -3.33. The Bertz CT molecular complexity index is 1310. The van der Waals surface area contributed by atoms with Crippen LogP contribution in [0.15, 0.2) is 47.6 Å². The summed E-state index contributed by atoms with van der Waals surface area (Å²) in [4.78, 5) is 21.6. The fourth-order valence-corrected chi connectivity index (χ4v) is 4.68. The van der Waals surface area contributed by atoms with Gasteiger partial charge in [0.05, 0.1) is 24.0 Å². The Morgan fingerprint density at radius 2 is 1.97 bits per heavy atom. The highest BCUT2D eigenvalue weighted by Gasteiger charge is 2.30. The van der Waals surface area contributed by atoms with Crippen LogP contribution < -0.4 is 4.72 Å². The van der Waals surface area contributed by atoms with Gasteiger partial charge < -0.3 is 0 Å². The maximum atomic E-state index is 12.5. The van der Waals surface area contributed by atoms with E-state index in [2.05, 4.69) is 19.8 Å². The zero-order chi connectivity index (χ0) is 21.6. The van der Waals surface area contributed by atoms with E-state index >= 15 is 0 Å². The van der Waals surface area contributed by atoms with Crippen LogP contribution in [0.5, 0.6) is 0 Å². The van der Waals surface area contributed by atoms with Gasteiger partial charge >= 0.3 is 0 Å². The molecule has 158 valence electrons. The molecule has 8 nitrogen and oxygen atoms in total. The Balaban J connectivity index is 1.42. The number of ketones is 1. The molecule has 2 aliphatic carbocycles. The van der Waals surface area contributed by atoms with Crippen LogP contribution in [-0.4, -0.2) is 33.9 Å². The summed E-state index contributed by atoms with van der Waals surface area (Å²) in [7, 11) is -2.05. The van der Waals surface area contributed by atoms with Gasteiger partial charge in [-0.2, -0.15) is 5.10 Å². The lowest BCUT2D eigenvalue weighted by atomic mass is 10.0. The van der Waals surface area contributed by atoms with Gasteiger partial charge in [-0.25, -0.2) is 18.4 Å². The van der Waals surface area contributed by atoms with Crippen LogP contribution in [0.1, 0.15) is 29.9 Å². The van der Waals surface area contributed by atoms with Crippen molar-refractivity contribution in [3.63, 3.8) is 0 Å². The number of anilines is 1. The summed E-state index contributed by atoms with van der Waals surface area (Å²) in [5, 5.41) is 3.91. The first kappa shape index (κ1) is 19.6. The third-order valence-corrected chi connectivity index (χ3v) is 6.77. The topological polar surface area (TPSA) is 107 Å². The number of nitrogens with one attached hydrogen (secondary N) is 1. The summed E-state index contributed by atoms with van der Waals surface area (Å²) in [6, 6.07) is 7.04. The number of sulfonamides is 1. The molecule has 2 heterocycles. The zero-order valence-electron chi connectivity index (χ0n) is 16.9. The van der Waals surface area contributed by atoms with Crippen LogP contribution in [0.2, 0.25) is 0 Å². The molecular formula is C22H21N5O3S. The highest BCUT2D eigenvalue weighted by atomic mass is 32.2. The second-order valence-corrected chi connectivity index (χ2v) is 9.59. The third kappa shape index (κ3) is 4.00. The van der Waals surface area contributed by atoms with Crippen LogP contribution >= 0.6 is 0 Å². The van der Waals surface area contributed by atoms with Crippen molar-refractivity contribution in [2.45, 2.75) is 30.6 Å². The summed E-state index contributed by atoms with van der Waals surface area (Å²) in [6.07, 6.45) is 9.69. The van der Waals surface area contributed by atoms with Gasteiger partial charge in [-0.3, -0.25) is 14.2 Å². The minimum atomic E-state index is -3.71. The van der Waals surface area contributed by atoms with Crippen molar-refractivity contribution in [2.75, 3.05) is 4.72 Å². The van der Waals surface area contributed by atoms with E-state index < -0.39 is 10.0 Å². The molecule has 0 aliphatic heterocycles. The molecule has 1 fully saturated rings. The lowest BCUT2D eigenvalue weighted by molar-refractivity contribution is -0.119. The fourth-order valence-electron chi connectivity index (χ4n) is 3.64. The number of carbonyl (C=O) groups excluding carboxylic acids is 1. The smallest absolute Gasteiger partial charge is 0.265 e. The van der Waals surface area contributed by atoms with Crippen molar-refractivity contribution in [3.05, 3.63) is 59.8 Å². The standard InChI is InChI=1S/C22H21N5O3S/c1-27-13-17(12-23-27)31(29,30)26-16-9-7-15(8-10-16)22-18-3-2-4-19(18)24-21(25-22)11-20(28)14-5-6-14/h2-3,7-10,12-14,26H,4-6,11H2,1H3. The van der Waals surface area contributed by atoms with E-state index in [0.717, 1.165) is 41.8 Å². The van der Waals surface area contributed by atoms with Gasteiger partial charge in [-0.15, -0.1) is 0 Å². The van der Waals surface area contributed by atoms with Crippen molar-refractivity contribution in [1.82, 2.24) is 19.7 Å². The van der Waals surface area contributed by atoms with Gasteiger partial charge in [0.25, 0.3) is 10.0 Å². The SMILES string of the molecule is Cn1cc(S(=O)(=O)Nc2ccc(-c3nc(CC(=O)C4CC4)nc4c3C=CC4)cc2)cn1. The maximum Gasteiger partial charge on any atom is 0.265 e. The molecule has 0 unspecified atom stereocenters. The Labute approximate surface area is 180 Å². The molecule has 1 N–H and O–H groups in total. The number of Topliss-reactive ketones (excluding diaryl/α,β-unsaturated/α-hetero) is 1. The number of aromatic nitrogens is 4. The lowest BCUT2D eigenvalue weighted by Gasteiger charge is -2.11. The molecule has 1 aromatic carbocycles. The van der Waals surface area contributed by atoms with E-state index in [1.807, 2.05) is 24.3 Å². The molecule has 0 spiro atoms. The average Bonchev–Trinajstić information content (AvgIpc) is 3.32. The molecule has 31 heavy (non-hydrogen) atoms. The Morgan fingerprint density at radius 1 is 1.19 bits per heavy atom. The number of rotatable bonds is 7. The number of allylic oxidation sites excluding steroid dienone is 1. The summed E-state index contributed by atoms with van der Waals surface area (Å²) in [5.41, 5.74) is 3.92. The van der Waals surface area contributed by atoms with Crippen molar-refractivity contribution in [2.24, 2.45) is 13.0 Å². The van der Waals surface area contributed by atoms with Crippen LogP contribution in [0.4, 0.5) is 5.69 Å². The lowest BCUT2D eigenvalue weighted by Crippen LogP contribution is -2.12. The number of benzene rings is 1. The third-order valence-electron chi connectivity index (χ3n) is 5.43. The largest absolute Gasteiger partial charge is 0.299 e. The van der Waals surface area contributed by atoms with E-state index in [0.29, 0.717) is 11.5 Å². The van der Waals surface area contributed by atoms with E-state index in [1.165, 1.54) is 17.1 Å². The monoisotopic (exact) mass is 435 g/mol. The number of nitrogens with zero attached hydrogens (tertiary/aromatic N) is 4. The molecular weight excluding hydrogens is 414 g/mol. The predicted molar refractivity (Wildman–Crippen MR) is 116 cm³/mol. The molecule has 1 saturated carbocycles. The van der Waals surface area contributed by atoms with Gasteiger partial charge in [0.2, 0.25) is 0 Å². The molecule has 0 saturated heterocycles. The maximum absolute atomic E-state index is 12.5. The van der Waals surface area contributed by atoms with Crippen LogP contribution in [0, 0.1) is 5.92 Å². The highest BCUT2D eigenvalue weighted by Crippen LogP contribution is 2.33. The van der Waals surface area contributed by atoms with Crippen LogP contribution in [0.25, 0.3) is 17.3 Å². The second kappa shape index (κ2) is 7.42. The first-order valence-corrected chi connectivity index (χ1v) is 11.6. The van der Waals surface area contributed by atoms with Gasteiger partial charge in [0.15, 0.2) is 0 Å². The average molecular weight is 436 g/mol. The molecule has 2 aromatic heterocycles. The molecule has 2 aliphatic rings. The van der Waals surface area contributed by atoms with E-state index in [4.69, 9.17) is 0 Å². The van der Waals surface area contributed by atoms with Gasteiger partial charge in [-0.1, -0.05) is 24.3 Å². The van der Waals surface area contributed by atoms with E-state index in [-0.39, 0.29) is 23.0 Å². The molecule has 5 rings (SSSR count).